The Kier molecular flexibility index (Phi) is 9.97. The summed E-state index contributed by atoms with van der Waals surface area (Å²) in [6.45, 7) is 6.20. The maximum absolute atomic E-state index is 12.2. The molecule has 0 bridgehead atoms. The first-order valence-electron chi connectivity index (χ1n) is 8.70. The van der Waals surface area contributed by atoms with Gasteiger partial charge in [-0.05, 0) is 64.0 Å². The Bertz CT molecular complexity index is 748. The van der Waals surface area contributed by atoms with Crippen LogP contribution in [0, 0.1) is 6.92 Å². The molecule has 0 amide bonds. The molecule has 26 heavy (non-hydrogen) atoms. The normalized spacial score (nSPS) is 15.5. The van der Waals surface area contributed by atoms with Crippen molar-refractivity contribution in [3.8, 4) is 0 Å². The third-order valence-corrected chi connectivity index (χ3v) is 6.04. The highest BCUT2D eigenvalue weighted by Gasteiger charge is 2.19. The van der Waals surface area contributed by atoms with Crippen molar-refractivity contribution in [3.63, 3.8) is 0 Å². The van der Waals surface area contributed by atoms with E-state index >= 15 is 0 Å². The lowest BCUT2D eigenvalue weighted by Crippen LogP contribution is -2.36. The number of benzene rings is 1. The third kappa shape index (κ3) is 5.86. The molecule has 0 radical (unpaired) electrons. The molecule has 0 spiro atoms. The first-order chi connectivity index (χ1) is 11.7. The summed E-state index contributed by atoms with van der Waals surface area (Å²) >= 11 is 1.92. The number of piperidine rings is 1. The lowest BCUT2D eigenvalue weighted by molar-refractivity contribution is 0.231. The van der Waals surface area contributed by atoms with Crippen LogP contribution in [0.2, 0.25) is 0 Å². The number of hydrogen-bond acceptors (Lipinski definition) is 5. The average molecular weight is 419 g/mol. The zero-order valence-corrected chi connectivity index (χ0v) is 17.5. The van der Waals surface area contributed by atoms with Crippen molar-refractivity contribution in [2.45, 2.75) is 37.2 Å². The lowest BCUT2D eigenvalue weighted by Gasteiger charge is -2.31. The number of aromatic nitrogens is 2. The summed E-state index contributed by atoms with van der Waals surface area (Å²) in [6.07, 6.45) is 3.48. The Hall–Kier alpha value is -0.790. The van der Waals surface area contributed by atoms with Crippen molar-refractivity contribution in [2.24, 2.45) is 5.73 Å². The molecule has 1 aromatic carbocycles. The molecule has 0 unspecified atom stereocenters. The van der Waals surface area contributed by atoms with E-state index in [-0.39, 0.29) is 30.4 Å². The monoisotopic (exact) mass is 418 g/mol. The van der Waals surface area contributed by atoms with Gasteiger partial charge in [0.25, 0.3) is 5.56 Å². The fourth-order valence-electron chi connectivity index (χ4n) is 3.23. The van der Waals surface area contributed by atoms with Gasteiger partial charge in [-0.2, -0.15) is 11.8 Å². The van der Waals surface area contributed by atoms with Crippen LogP contribution in [-0.4, -0.2) is 46.3 Å². The van der Waals surface area contributed by atoms with Crippen molar-refractivity contribution in [3.05, 3.63) is 39.9 Å². The number of thioether (sulfide) groups is 1. The lowest BCUT2D eigenvalue weighted by atomic mass is 10.1. The van der Waals surface area contributed by atoms with Crippen molar-refractivity contribution in [1.29, 1.82) is 0 Å². The quantitative estimate of drug-likeness (QED) is 0.753. The smallest absolute Gasteiger partial charge is 0.258 e. The number of fused-ring (bicyclic) bond motifs is 1. The van der Waals surface area contributed by atoms with E-state index in [1.54, 1.807) is 0 Å². The molecule has 146 valence electrons. The minimum atomic E-state index is -0.0316. The molecule has 8 heteroatoms. The van der Waals surface area contributed by atoms with Crippen LogP contribution in [0.15, 0.2) is 23.0 Å². The van der Waals surface area contributed by atoms with E-state index in [2.05, 4.69) is 14.9 Å². The molecule has 1 aliphatic rings. The van der Waals surface area contributed by atoms with E-state index in [4.69, 9.17) is 5.73 Å². The summed E-state index contributed by atoms with van der Waals surface area (Å²) in [5.74, 6) is 1.56. The SMILES string of the molecule is Cc1cccc2c(=O)[nH]c(CSC3CCN(CCCN)CC3)nc12.Cl.Cl. The van der Waals surface area contributed by atoms with E-state index in [9.17, 15) is 4.79 Å². The van der Waals surface area contributed by atoms with Crippen LogP contribution in [0.3, 0.4) is 0 Å². The number of H-pyrrole nitrogens is 1. The second-order valence-electron chi connectivity index (χ2n) is 6.48. The predicted octanol–water partition coefficient (Wildman–Crippen LogP) is 3.12. The minimum absolute atomic E-state index is 0. The number of nitrogens with two attached hydrogens (primary N) is 1. The predicted molar refractivity (Wildman–Crippen MR) is 116 cm³/mol. The highest BCUT2D eigenvalue weighted by atomic mass is 35.5. The van der Waals surface area contributed by atoms with Crippen LogP contribution in [0.1, 0.15) is 30.7 Å². The molecule has 0 aliphatic carbocycles. The molecule has 1 fully saturated rings. The van der Waals surface area contributed by atoms with Gasteiger partial charge in [0.05, 0.1) is 16.7 Å². The van der Waals surface area contributed by atoms with E-state index in [1.165, 1.54) is 12.8 Å². The molecule has 0 saturated carbocycles. The van der Waals surface area contributed by atoms with Crippen molar-refractivity contribution >= 4 is 47.5 Å². The van der Waals surface area contributed by atoms with E-state index < -0.39 is 0 Å². The zero-order chi connectivity index (χ0) is 16.9. The van der Waals surface area contributed by atoms with Gasteiger partial charge in [-0.25, -0.2) is 4.98 Å². The van der Waals surface area contributed by atoms with Gasteiger partial charge in [0.15, 0.2) is 0 Å². The largest absolute Gasteiger partial charge is 0.330 e. The minimum Gasteiger partial charge on any atom is -0.330 e. The van der Waals surface area contributed by atoms with E-state index in [1.807, 2.05) is 36.9 Å². The number of aryl methyl sites for hydroxylation is 1. The fraction of sp³-hybridized carbons (Fsp3) is 0.556. The Morgan fingerprint density at radius 2 is 2.04 bits per heavy atom. The molecule has 3 N–H and O–H groups in total. The molecule has 1 aliphatic heterocycles. The van der Waals surface area contributed by atoms with Gasteiger partial charge in [-0.15, -0.1) is 24.8 Å². The number of nitrogens with zero attached hydrogens (tertiary/aromatic N) is 2. The van der Waals surface area contributed by atoms with Gasteiger partial charge in [-0.1, -0.05) is 12.1 Å². The van der Waals surface area contributed by atoms with Gasteiger partial charge < -0.3 is 15.6 Å². The topological polar surface area (TPSA) is 75.0 Å². The maximum atomic E-state index is 12.2. The van der Waals surface area contributed by atoms with Gasteiger partial charge in [-0.3, -0.25) is 4.79 Å². The number of nitrogens with one attached hydrogen (secondary N) is 1. The molecule has 0 atom stereocenters. The summed E-state index contributed by atoms with van der Waals surface area (Å²) in [5.41, 5.74) is 7.43. The second-order valence-corrected chi connectivity index (χ2v) is 7.77. The number of rotatable bonds is 6. The summed E-state index contributed by atoms with van der Waals surface area (Å²) in [7, 11) is 0. The molecule has 2 aromatic rings. The summed E-state index contributed by atoms with van der Waals surface area (Å²) in [6, 6.07) is 5.74. The summed E-state index contributed by atoms with van der Waals surface area (Å²) in [5, 5.41) is 1.33. The van der Waals surface area contributed by atoms with Crippen molar-refractivity contribution < 1.29 is 0 Å². The van der Waals surface area contributed by atoms with Crippen LogP contribution in [-0.2, 0) is 5.75 Å². The standard InChI is InChI=1S/C18H26N4OS.2ClH/c1-13-4-2-5-15-17(13)20-16(21-18(15)23)12-24-14-6-10-22(11-7-14)9-3-8-19;;/h2,4-5,14H,3,6-12,19H2,1H3,(H,20,21,23);2*1H. The van der Waals surface area contributed by atoms with Crippen LogP contribution in [0.5, 0.6) is 0 Å². The van der Waals surface area contributed by atoms with Crippen molar-refractivity contribution in [1.82, 2.24) is 14.9 Å². The van der Waals surface area contributed by atoms with Gasteiger partial charge in [0.1, 0.15) is 5.82 Å². The van der Waals surface area contributed by atoms with Gasteiger partial charge in [0, 0.05) is 5.25 Å². The van der Waals surface area contributed by atoms with Crippen LogP contribution >= 0.6 is 36.6 Å². The van der Waals surface area contributed by atoms with E-state index in [0.717, 1.165) is 55.3 Å². The number of hydrogen-bond donors (Lipinski definition) is 2. The van der Waals surface area contributed by atoms with Crippen molar-refractivity contribution in [2.75, 3.05) is 26.2 Å². The first-order valence-corrected chi connectivity index (χ1v) is 9.75. The molecule has 5 nitrogen and oxygen atoms in total. The fourth-order valence-corrected chi connectivity index (χ4v) is 4.31. The molecule has 1 saturated heterocycles. The van der Waals surface area contributed by atoms with Crippen LogP contribution in [0.4, 0.5) is 0 Å². The highest BCUT2D eigenvalue weighted by molar-refractivity contribution is 7.99. The van der Waals surface area contributed by atoms with Crippen LogP contribution in [0.25, 0.3) is 10.9 Å². The Labute approximate surface area is 171 Å². The molecular formula is C18H28Cl2N4OS. The molecule has 2 heterocycles. The number of likely N-dealkylation sites (tertiary alicyclic amines) is 1. The molecule has 3 rings (SSSR count). The zero-order valence-electron chi connectivity index (χ0n) is 15.1. The molecule has 1 aromatic heterocycles. The second kappa shape index (κ2) is 11.1. The Balaban J connectivity index is 0.00000169. The van der Waals surface area contributed by atoms with E-state index in [0.29, 0.717) is 10.6 Å². The highest BCUT2D eigenvalue weighted by Crippen LogP contribution is 2.26. The third-order valence-electron chi connectivity index (χ3n) is 4.66. The van der Waals surface area contributed by atoms with Crippen LogP contribution < -0.4 is 11.3 Å². The molecular weight excluding hydrogens is 391 g/mol. The Morgan fingerprint density at radius 3 is 2.73 bits per heavy atom. The number of aromatic amines is 1. The van der Waals surface area contributed by atoms with Gasteiger partial charge >= 0.3 is 0 Å². The van der Waals surface area contributed by atoms with Gasteiger partial charge in [0.2, 0.25) is 0 Å². The Morgan fingerprint density at radius 1 is 1.31 bits per heavy atom. The number of para-hydroxylation sites is 1. The average Bonchev–Trinajstić information content (AvgIpc) is 2.60. The first kappa shape index (κ1) is 23.2. The summed E-state index contributed by atoms with van der Waals surface area (Å²) in [4.78, 5) is 22.3. The summed E-state index contributed by atoms with van der Waals surface area (Å²) < 4.78 is 0. The number of halogens is 2. The maximum Gasteiger partial charge on any atom is 0.258 e.